The largest absolute Gasteiger partial charge is 0.496 e. The van der Waals surface area contributed by atoms with Gasteiger partial charge in [0.05, 0.1) is 19.3 Å². The first-order valence-corrected chi connectivity index (χ1v) is 6.58. The van der Waals surface area contributed by atoms with Gasteiger partial charge >= 0.3 is 0 Å². The zero-order valence-electron chi connectivity index (χ0n) is 11.8. The van der Waals surface area contributed by atoms with Crippen LogP contribution in [-0.4, -0.2) is 16.9 Å². The summed E-state index contributed by atoms with van der Waals surface area (Å²) in [6.07, 6.45) is 4.92. The average Bonchev–Trinajstić information content (AvgIpc) is 2.87. The van der Waals surface area contributed by atoms with E-state index in [2.05, 4.69) is 12.0 Å². The Labute approximate surface area is 114 Å². The van der Waals surface area contributed by atoms with Crippen LogP contribution in [-0.2, 0) is 6.54 Å². The average molecular weight is 259 g/mol. The fraction of sp³-hybridized carbons (Fsp3) is 0.400. The third-order valence-corrected chi connectivity index (χ3v) is 3.26. The molecule has 2 rings (SSSR count). The van der Waals surface area contributed by atoms with E-state index in [4.69, 9.17) is 10.5 Å². The normalized spacial score (nSPS) is 12.4. The Morgan fingerprint density at radius 3 is 2.84 bits per heavy atom. The molecule has 2 N–H and O–H groups in total. The highest BCUT2D eigenvalue weighted by Gasteiger charge is 2.12. The minimum Gasteiger partial charge on any atom is -0.496 e. The molecule has 102 valence electrons. The van der Waals surface area contributed by atoms with Gasteiger partial charge in [-0.25, -0.2) is 0 Å². The number of methoxy groups -OCH3 is 1. The molecule has 0 saturated heterocycles. The fourth-order valence-corrected chi connectivity index (χ4v) is 2.11. The predicted octanol–water partition coefficient (Wildman–Crippen LogP) is 2.66. The van der Waals surface area contributed by atoms with E-state index in [0.717, 1.165) is 35.4 Å². The Hall–Kier alpha value is -1.81. The van der Waals surface area contributed by atoms with Crippen LogP contribution in [0.1, 0.15) is 36.1 Å². The van der Waals surface area contributed by atoms with E-state index in [0.29, 0.717) is 0 Å². The van der Waals surface area contributed by atoms with E-state index in [-0.39, 0.29) is 6.04 Å². The van der Waals surface area contributed by atoms with Crippen LogP contribution in [0.2, 0.25) is 0 Å². The number of aryl methyl sites for hydroxylation is 2. The minimum absolute atomic E-state index is 0.167. The molecule has 0 aliphatic carbocycles. The summed E-state index contributed by atoms with van der Waals surface area (Å²) in [6.45, 7) is 5.07. The van der Waals surface area contributed by atoms with Crippen LogP contribution < -0.4 is 10.5 Å². The Morgan fingerprint density at radius 1 is 1.37 bits per heavy atom. The van der Waals surface area contributed by atoms with Crippen LogP contribution in [0, 0.1) is 6.92 Å². The number of nitrogens with zero attached hydrogens (tertiary/aromatic N) is 2. The van der Waals surface area contributed by atoms with Crippen molar-refractivity contribution in [1.29, 1.82) is 0 Å². The fourth-order valence-electron chi connectivity index (χ4n) is 2.11. The van der Waals surface area contributed by atoms with Crippen molar-refractivity contribution in [3.05, 3.63) is 47.3 Å². The standard InChI is InChI=1S/C15H21N3O/c1-4-7-18-10-13(9-17-18)15(16)12-6-5-11(2)14(8-12)19-3/h5-6,8-10,15H,4,7,16H2,1-3H3. The summed E-state index contributed by atoms with van der Waals surface area (Å²) in [6, 6.07) is 5.90. The summed E-state index contributed by atoms with van der Waals surface area (Å²) < 4.78 is 7.27. The summed E-state index contributed by atoms with van der Waals surface area (Å²) in [7, 11) is 1.68. The lowest BCUT2D eigenvalue weighted by molar-refractivity contribution is 0.411. The highest BCUT2D eigenvalue weighted by atomic mass is 16.5. The molecular weight excluding hydrogens is 238 g/mol. The quantitative estimate of drug-likeness (QED) is 0.898. The van der Waals surface area contributed by atoms with Gasteiger partial charge in [0.25, 0.3) is 0 Å². The van der Waals surface area contributed by atoms with Crippen LogP contribution in [0.3, 0.4) is 0 Å². The van der Waals surface area contributed by atoms with Crippen LogP contribution in [0.5, 0.6) is 5.75 Å². The number of benzene rings is 1. The number of hydrogen-bond acceptors (Lipinski definition) is 3. The molecule has 1 aromatic carbocycles. The van der Waals surface area contributed by atoms with Crippen LogP contribution in [0.4, 0.5) is 0 Å². The summed E-state index contributed by atoms with van der Waals surface area (Å²) in [5, 5.41) is 4.32. The van der Waals surface area contributed by atoms with Crippen molar-refractivity contribution in [2.24, 2.45) is 5.73 Å². The second-order valence-corrected chi connectivity index (χ2v) is 4.74. The molecule has 4 nitrogen and oxygen atoms in total. The monoisotopic (exact) mass is 259 g/mol. The lowest BCUT2D eigenvalue weighted by atomic mass is 10.0. The Balaban J connectivity index is 2.24. The van der Waals surface area contributed by atoms with E-state index in [1.165, 1.54) is 0 Å². The van der Waals surface area contributed by atoms with E-state index < -0.39 is 0 Å². The third-order valence-electron chi connectivity index (χ3n) is 3.26. The SMILES string of the molecule is CCCn1cc(C(N)c2ccc(C)c(OC)c2)cn1. The molecule has 4 heteroatoms. The molecule has 0 bridgehead atoms. The third kappa shape index (κ3) is 2.96. The second-order valence-electron chi connectivity index (χ2n) is 4.74. The molecule has 1 aromatic heterocycles. The lowest BCUT2D eigenvalue weighted by Crippen LogP contribution is -2.11. The first kappa shape index (κ1) is 13.6. The molecule has 2 aromatic rings. The Kier molecular flexibility index (Phi) is 4.22. The molecule has 19 heavy (non-hydrogen) atoms. The van der Waals surface area contributed by atoms with E-state index in [9.17, 15) is 0 Å². The number of rotatable bonds is 5. The number of hydrogen-bond donors (Lipinski definition) is 1. The van der Waals surface area contributed by atoms with Crippen molar-refractivity contribution in [3.63, 3.8) is 0 Å². The molecule has 0 radical (unpaired) electrons. The zero-order valence-corrected chi connectivity index (χ0v) is 11.8. The van der Waals surface area contributed by atoms with Crippen LogP contribution in [0.25, 0.3) is 0 Å². The first-order chi connectivity index (χ1) is 9.15. The molecule has 1 heterocycles. The highest BCUT2D eigenvalue weighted by Crippen LogP contribution is 2.25. The summed E-state index contributed by atoms with van der Waals surface area (Å²) in [5.74, 6) is 0.869. The summed E-state index contributed by atoms with van der Waals surface area (Å²) in [4.78, 5) is 0. The molecule has 0 aliphatic rings. The molecular formula is C15H21N3O. The van der Waals surface area contributed by atoms with Gasteiger partial charge in [0.2, 0.25) is 0 Å². The number of ether oxygens (including phenoxy) is 1. The maximum Gasteiger partial charge on any atom is 0.122 e. The first-order valence-electron chi connectivity index (χ1n) is 6.58. The van der Waals surface area contributed by atoms with Gasteiger partial charge in [-0.15, -0.1) is 0 Å². The highest BCUT2D eigenvalue weighted by molar-refractivity contribution is 5.40. The molecule has 0 fully saturated rings. The smallest absolute Gasteiger partial charge is 0.122 e. The van der Waals surface area contributed by atoms with Crippen molar-refractivity contribution >= 4 is 0 Å². The van der Waals surface area contributed by atoms with Gasteiger partial charge in [-0.3, -0.25) is 4.68 Å². The molecule has 1 atom stereocenters. The van der Waals surface area contributed by atoms with Crippen LogP contribution >= 0.6 is 0 Å². The zero-order chi connectivity index (χ0) is 13.8. The van der Waals surface area contributed by atoms with E-state index >= 15 is 0 Å². The number of nitrogens with two attached hydrogens (primary N) is 1. The Bertz CT molecular complexity index is 548. The summed E-state index contributed by atoms with van der Waals surface area (Å²) in [5.41, 5.74) is 9.47. The molecule has 0 aliphatic heterocycles. The van der Waals surface area contributed by atoms with Crippen molar-refractivity contribution in [2.75, 3.05) is 7.11 Å². The number of aromatic nitrogens is 2. The van der Waals surface area contributed by atoms with Crippen LogP contribution in [0.15, 0.2) is 30.6 Å². The predicted molar refractivity (Wildman–Crippen MR) is 76.3 cm³/mol. The van der Waals surface area contributed by atoms with Gasteiger partial charge in [-0.2, -0.15) is 5.10 Å². The van der Waals surface area contributed by atoms with Gasteiger partial charge in [0.15, 0.2) is 0 Å². The molecule has 1 unspecified atom stereocenters. The summed E-state index contributed by atoms with van der Waals surface area (Å²) >= 11 is 0. The molecule has 0 amide bonds. The Morgan fingerprint density at radius 2 is 2.16 bits per heavy atom. The van der Waals surface area contributed by atoms with Gasteiger partial charge in [-0.1, -0.05) is 19.1 Å². The van der Waals surface area contributed by atoms with Crippen molar-refractivity contribution in [3.8, 4) is 5.75 Å². The van der Waals surface area contributed by atoms with Gasteiger partial charge in [0, 0.05) is 18.3 Å². The lowest BCUT2D eigenvalue weighted by Gasteiger charge is -2.13. The minimum atomic E-state index is -0.167. The topological polar surface area (TPSA) is 53.1 Å². The molecule has 0 saturated carbocycles. The second kappa shape index (κ2) is 5.89. The van der Waals surface area contributed by atoms with E-state index in [1.54, 1.807) is 7.11 Å². The van der Waals surface area contributed by atoms with E-state index in [1.807, 2.05) is 42.2 Å². The maximum atomic E-state index is 6.29. The van der Waals surface area contributed by atoms with Gasteiger partial charge in [0.1, 0.15) is 5.75 Å². The van der Waals surface area contributed by atoms with Gasteiger partial charge in [-0.05, 0) is 30.5 Å². The molecule has 0 spiro atoms. The van der Waals surface area contributed by atoms with Gasteiger partial charge < -0.3 is 10.5 Å². The van der Waals surface area contributed by atoms with Crippen molar-refractivity contribution in [2.45, 2.75) is 32.9 Å². The maximum absolute atomic E-state index is 6.29. The van der Waals surface area contributed by atoms with Crippen molar-refractivity contribution < 1.29 is 4.74 Å². The van der Waals surface area contributed by atoms with Crippen molar-refractivity contribution in [1.82, 2.24) is 9.78 Å².